The number of ether oxygens (including phenoxy) is 4. The Labute approximate surface area is 164 Å². The van der Waals surface area contributed by atoms with Crippen LogP contribution in [-0.2, 0) is 9.53 Å². The number of aromatic nitrogens is 2. The molecule has 28 heavy (non-hydrogen) atoms. The third kappa shape index (κ3) is 3.18. The molecule has 0 saturated heterocycles. The standard InChI is InChI=1S/C19H18N2O6S/c1-24-14-7-10(8-15-19(14)27-6-5-26-15)11(9-16(23)25-2)17-13(22)4-3-12-18(17)21-28-20-12/h3-4,7-8,11,22H,5-6,9H2,1-2H3/t11-/m1/s1. The summed E-state index contributed by atoms with van der Waals surface area (Å²) in [5.41, 5.74) is 2.42. The summed E-state index contributed by atoms with van der Waals surface area (Å²) in [4.78, 5) is 12.2. The van der Waals surface area contributed by atoms with Crippen LogP contribution in [0.4, 0.5) is 0 Å². The van der Waals surface area contributed by atoms with Gasteiger partial charge in [0.15, 0.2) is 11.5 Å². The fraction of sp³-hybridized carbons (Fsp3) is 0.316. The maximum atomic E-state index is 12.2. The molecule has 146 valence electrons. The molecular weight excluding hydrogens is 384 g/mol. The molecular formula is C19H18N2O6S. The van der Waals surface area contributed by atoms with Gasteiger partial charge in [0, 0.05) is 11.5 Å². The van der Waals surface area contributed by atoms with Gasteiger partial charge in [0.1, 0.15) is 30.0 Å². The van der Waals surface area contributed by atoms with Crippen LogP contribution < -0.4 is 14.2 Å². The second kappa shape index (κ2) is 7.51. The number of nitrogens with zero attached hydrogens (tertiary/aromatic N) is 2. The summed E-state index contributed by atoms with van der Waals surface area (Å²) in [7, 11) is 2.86. The van der Waals surface area contributed by atoms with Gasteiger partial charge >= 0.3 is 5.97 Å². The molecule has 0 aliphatic carbocycles. The first-order chi connectivity index (χ1) is 13.6. The zero-order valence-electron chi connectivity index (χ0n) is 15.3. The lowest BCUT2D eigenvalue weighted by molar-refractivity contribution is -0.140. The Morgan fingerprint density at radius 2 is 2.07 bits per heavy atom. The highest BCUT2D eigenvalue weighted by molar-refractivity contribution is 7.00. The lowest BCUT2D eigenvalue weighted by atomic mass is 9.86. The second-order valence-corrected chi connectivity index (χ2v) is 6.74. The van der Waals surface area contributed by atoms with E-state index in [1.54, 1.807) is 24.3 Å². The van der Waals surface area contributed by atoms with E-state index in [4.69, 9.17) is 18.9 Å². The Morgan fingerprint density at radius 1 is 1.25 bits per heavy atom. The van der Waals surface area contributed by atoms with E-state index >= 15 is 0 Å². The van der Waals surface area contributed by atoms with E-state index in [-0.39, 0.29) is 12.2 Å². The van der Waals surface area contributed by atoms with E-state index in [0.29, 0.717) is 52.6 Å². The topological polar surface area (TPSA) is 100 Å². The first kappa shape index (κ1) is 18.3. The Morgan fingerprint density at radius 3 is 2.86 bits per heavy atom. The van der Waals surface area contributed by atoms with Crippen molar-refractivity contribution in [2.75, 3.05) is 27.4 Å². The fourth-order valence-corrected chi connectivity index (χ4v) is 3.89. The average molecular weight is 402 g/mol. The summed E-state index contributed by atoms with van der Waals surface area (Å²) in [6, 6.07) is 6.82. The molecule has 0 unspecified atom stereocenters. The average Bonchev–Trinajstić information content (AvgIpc) is 3.20. The highest BCUT2D eigenvalue weighted by Crippen LogP contribution is 2.46. The first-order valence-corrected chi connectivity index (χ1v) is 9.34. The maximum Gasteiger partial charge on any atom is 0.306 e. The molecule has 4 rings (SSSR count). The van der Waals surface area contributed by atoms with E-state index < -0.39 is 11.9 Å². The molecule has 1 aliphatic heterocycles. The monoisotopic (exact) mass is 402 g/mol. The normalized spacial score (nSPS) is 13.9. The number of fused-ring (bicyclic) bond motifs is 2. The molecule has 1 aromatic heterocycles. The molecule has 2 heterocycles. The minimum absolute atomic E-state index is 0.00347. The van der Waals surface area contributed by atoms with Gasteiger partial charge in [-0.3, -0.25) is 4.79 Å². The maximum absolute atomic E-state index is 12.2. The molecule has 8 nitrogen and oxygen atoms in total. The first-order valence-electron chi connectivity index (χ1n) is 8.60. The van der Waals surface area contributed by atoms with Crippen molar-refractivity contribution in [2.45, 2.75) is 12.3 Å². The summed E-state index contributed by atoms with van der Waals surface area (Å²) in [5.74, 6) is 0.613. The van der Waals surface area contributed by atoms with Gasteiger partial charge in [-0.15, -0.1) is 0 Å². The number of phenols is 1. The summed E-state index contributed by atoms with van der Waals surface area (Å²) in [5, 5.41) is 10.6. The smallest absolute Gasteiger partial charge is 0.306 e. The van der Waals surface area contributed by atoms with Crippen molar-refractivity contribution in [1.29, 1.82) is 0 Å². The number of hydrogen-bond donors (Lipinski definition) is 1. The summed E-state index contributed by atoms with van der Waals surface area (Å²) >= 11 is 1.05. The van der Waals surface area contributed by atoms with Crippen LogP contribution in [0.3, 0.4) is 0 Å². The predicted molar refractivity (Wildman–Crippen MR) is 102 cm³/mol. The molecule has 9 heteroatoms. The third-order valence-corrected chi connectivity index (χ3v) is 5.19. The molecule has 0 fully saturated rings. The molecule has 0 amide bonds. The molecule has 1 N–H and O–H groups in total. The molecule has 0 spiro atoms. The van der Waals surface area contributed by atoms with Crippen molar-refractivity contribution in [1.82, 2.24) is 8.75 Å². The molecule has 1 atom stereocenters. The van der Waals surface area contributed by atoms with Crippen LogP contribution in [0.5, 0.6) is 23.0 Å². The summed E-state index contributed by atoms with van der Waals surface area (Å²) < 4.78 is 30.3. The number of phenolic OH excluding ortho intramolecular Hbond substituents is 1. The minimum Gasteiger partial charge on any atom is -0.508 e. The minimum atomic E-state index is -0.537. The number of benzene rings is 2. The van der Waals surface area contributed by atoms with E-state index in [1.807, 2.05) is 0 Å². The van der Waals surface area contributed by atoms with Crippen LogP contribution >= 0.6 is 11.7 Å². The second-order valence-electron chi connectivity index (χ2n) is 6.21. The number of carbonyl (C=O) groups is 1. The van der Waals surface area contributed by atoms with Crippen LogP contribution in [0.1, 0.15) is 23.5 Å². The lowest BCUT2D eigenvalue weighted by Crippen LogP contribution is -2.17. The van der Waals surface area contributed by atoms with E-state index in [2.05, 4.69) is 8.75 Å². The number of aromatic hydroxyl groups is 1. The predicted octanol–water partition coefficient (Wildman–Crippen LogP) is 2.87. The fourth-order valence-electron chi connectivity index (χ4n) is 3.34. The lowest BCUT2D eigenvalue weighted by Gasteiger charge is -2.24. The van der Waals surface area contributed by atoms with Crippen molar-refractivity contribution in [3.8, 4) is 23.0 Å². The Kier molecular flexibility index (Phi) is 4.91. The van der Waals surface area contributed by atoms with Crippen molar-refractivity contribution >= 4 is 28.7 Å². The van der Waals surface area contributed by atoms with Crippen molar-refractivity contribution in [3.05, 3.63) is 35.4 Å². The number of esters is 1. The van der Waals surface area contributed by atoms with Gasteiger partial charge in [-0.2, -0.15) is 8.75 Å². The van der Waals surface area contributed by atoms with Gasteiger partial charge in [-0.25, -0.2) is 0 Å². The van der Waals surface area contributed by atoms with Crippen LogP contribution in [-0.4, -0.2) is 47.3 Å². The molecule has 0 bridgehead atoms. The highest BCUT2D eigenvalue weighted by atomic mass is 32.1. The van der Waals surface area contributed by atoms with Crippen LogP contribution in [0.25, 0.3) is 11.0 Å². The van der Waals surface area contributed by atoms with Crippen molar-refractivity contribution < 1.29 is 28.8 Å². The number of methoxy groups -OCH3 is 2. The van der Waals surface area contributed by atoms with Crippen LogP contribution in [0.2, 0.25) is 0 Å². The van der Waals surface area contributed by atoms with E-state index in [9.17, 15) is 9.90 Å². The van der Waals surface area contributed by atoms with Crippen molar-refractivity contribution in [3.63, 3.8) is 0 Å². The third-order valence-electron chi connectivity index (χ3n) is 4.64. The van der Waals surface area contributed by atoms with Gasteiger partial charge in [0.2, 0.25) is 5.75 Å². The number of carbonyl (C=O) groups excluding carboxylic acids is 1. The van der Waals surface area contributed by atoms with Gasteiger partial charge in [-0.1, -0.05) is 0 Å². The molecule has 0 radical (unpaired) electrons. The quantitative estimate of drug-likeness (QED) is 0.651. The molecule has 2 aromatic carbocycles. The molecule has 0 saturated carbocycles. The Balaban J connectivity index is 1.91. The van der Waals surface area contributed by atoms with Gasteiger partial charge in [0.05, 0.1) is 32.4 Å². The highest BCUT2D eigenvalue weighted by Gasteiger charge is 2.29. The molecule has 3 aromatic rings. The number of hydrogen-bond acceptors (Lipinski definition) is 9. The number of rotatable bonds is 5. The summed E-state index contributed by atoms with van der Waals surface area (Å²) in [6.07, 6.45) is 0.00347. The van der Waals surface area contributed by atoms with Crippen LogP contribution in [0.15, 0.2) is 24.3 Å². The van der Waals surface area contributed by atoms with Crippen molar-refractivity contribution in [2.24, 2.45) is 0 Å². The van der Waals surface area contributed by atoms with Gasteiger partial charge in [0.25, 0.3) is 0 Å². The zero-order chi connectivity index (χ0) is 19.7. The van der Waals surface area contributed by atoms with Gasteiger partial charge in [-0.05, 0) is 29.8 Å². The van der Waals surface area contributed by atoms with Gasteiger partial charge < -0.3 is 24.1 Å². The van der Waals surface area contributed by atoms with Crippen LogP contribution in [0, 0.1) is 0 Å². The molecule has 1 aliphatic rings. The van der Waals surface area contributed by atoms with E-state index in [0.717, 1.165) is 11.7 Å². The Hall–Kier alpha value is -3.07. The Bertz CT molecular complexity index is 1020. The van der Waals surface area contributed by atoms with E-state index in [1.165, 1.54) is 14.2 Å². The zero-order valence-corrected chi connectivity index (χ0v) is 16.1. The largest absolute Gasteiger partial charge is 0.508 e. The summed E-state index contributed by atoms with van der Waals surface area (Å²) in [6.45, 7) is 0.844. The SMILES string of the molecule is COC(=O)C[C@H](c1cc(OC)c2c(c1)OCCO2)c1c(O)ccc2nsnc12.